The predicted octanol–water partition coefficient (Wildman–Crippen LogP) is 3.49. The maximum Gasteiger partial charge on any atom is 0.257 e. The van der Waals surface area contributed by atoms with Crippen LogP contribution in [-0.2, 0) is 0 Å². The SMILES string of the molecule is O=C(c1cnn2ccc(N3CCCC3c3cc(F)ccc3F)cc12)N1CCC(c2nnn[nH]2)CC1. The van der Waals surface area contributed by atoms with Gasteiger partial charge in [0.05, 0.1) is 23.3 Å². The molecule has 2 saturated heterocycles. The first kappa shape index (κ1) is 21.6. The van der Waals surface area contributed by atoms with Gasteiger partial charge in [-0.05, 0) is 66.4 Å². The Morgan fingerprint density at radius 2 is 1.91 bits per heavy atom. The molecule has 180 valence electrons. The zero-order chi connectivity index (χ0) is 23.9. The molecule has 0 aliphatic carbocycles. The molecule has 1 aromatic carbocycles. The standard InChI is InChI=1S/C24H24F2N8O/c25-16-3-4-20(26)18(12-16)21-2-1-8-33(21)17-7-11-34-22(13-17)19(14-27-34)24(35)32-9-5-15(6-10-32)23-28-30-31-29-23/h3-4,7,11-15,21H,1-2,5-6,8-10H2,(H,28,29,30,31). The van der Waals surface area contributed by atoms with Crippen molar-refractivity contribution in [2.45, 2.75) is 37.6 Å². The van der Waals surface area contributed by atoms with Crippen LogP contribution in [0.1, 0.15) is 59.4 Å². The molecule has 5 heterocycles. The molecule has 2 fully saturated rings. The van der Waals surface area contributed by atoms with Crippen molar-refractivity contribution < 1.29 is 13.6 Å². The van der Waals surface area contributed by atoms with E-state index in [1.807, 2.05) is 23.2 Å². The lowest BCUT2D eigenvalue weighted by molar-refractivity contribution is 0.0713. The van der Waals surface area contributed by atoms with Gasteiger partial charge in [0.25, 0.3) is 5.91 Å². The van der Waals surface area contributed by atoms with E-state index < -0.39 is 11.6 Å². The highest BCUT2D eigenvalue weighted by Crippen LogP contribution is 2.38. The maximum atomic E-state index is 14.5. The lowest BCUT2D eigenvalue weighted by Gasteiger charge is -2.30. The van der Waals surface area contributed by atoms with E-state index in [0.717, 1.165) is 49.8 Å². The van der Waals surface area contributed by atoms with E-state index >= 15 is 0 Å². The van der Waals surface area contributed by atoms with E-state index in [2.05, 4.69) is 30.6 Å². The zero-order valence-electron chi connectivity index (χ0n) is 18.9. The van der Waals surface area contributed by atoms with Crippen LogP contribution in [0.5, 0.6) is 0 Å². The van der Waals surface area contributed by atoms with Crippen molar-refractivity contribution in [1.82, 2.24) is 35.1 Å². The number of piperidine rings is 1. The third kappa shape index (κ3) is 3.90. The van der Waals surface area contributed by atoms with Gasteiger partial charge in [-0.15, -0.1) is 5.10 Å². The average Bonchev–Trinajstić information content (AvgIpc) is 3.65. The van der Waals surface area contributed by atoms with Gasteiger partial charge < -0.3 is 9.80 Å². The average molecular weight is 479 g/mol. The number of pyridine rings is 1. The summed E-state index contributed by atoms with van der Waals surface area (Å²) in [6.07, 6.45) is 6.56. The van der Waals surface area contributed by atoms with Gasteiger partial charge >= 0.3 is 0 Å². The molecule has 3 aromatic heterocycles. The molecule has 1 N–H and O–H groups in total. The summed E-state index contributed by atoms with van der Waals surface area (Å²) in [7, 11) is 0. The number of rotatable bonds is 4. The Morgan fingerprint density at radius 3 is 2.71 bits per heavy atom. The highest BCUT2D eigenvalue weighted by atomic mass is 19.1. The lowest BCUT2D eigenvalue weighted by Crippen LogP contribution is -2.38. The van der Waals surface area contributed by atoms with Crippen LogP contribution in [0.3, 0.4) is 0 Å². The van der Waals surface area contributed by atoms with Crippen LogP contribution in [0.15, 0.2) is 42.7 Å². The number of H-pyrrole nitrogens is 1. The van der Waals surface area contributed by atoms with Crippen LogP contribution in [0.25, 0.3) is 5.52 Å². The molecule has 0 spiro atoms. The van der Waals surface area contributed by atoms with Gasteiger partial charge in [-0.2, -0.15) is 5.10 Å². The molecule has 11 heteroatoms. The van der Waals surface area contributed by atoms with Crippen molar-refractivity contribution in [3.63, 3.8) is 0 Å². The highest BCUT2D eigenvalue weighted by molar-refractivity contribution is 6.01. The van der Waals surface area contributed by atoms with Crippen LogP contribution in [0.2, 0.25) is 0 Å². The molecular formula is C24H24F2N8O. The molecular weight excluding hydrogens is 454 g/mol. The summed E-state index contributed by atoms with van der Waals surface area (Å²) in [5, 5.41) is 18.5. The fourth-order valence-electron chi connectivity index (χ4n) is 5.35. The minimum atomic E-state index is -0.448. The number of carbonyl (C=O) groups excluding carboxylic acids is 1. The van der Waals surface area contributed by atoms with Crippen molar-refractivity contribution in [1.29, 1.82) is 0 Å². The van der Waals surface area contributed by atoms with Crippen molar-refractivity contribution in [2.24, 2.45) is 0 Å². The second-order valence-electron chi connectivity index (χ2n) is 9.14. The van der Waals surface area contributed by atoms with Crippen molar-refractivity contribution in [2.75, 3.05) is 24.5 Å². The van der Waals surface area contributed by atoms with E-state index in [1.54, 1.807) is 10.7 Å². The number of aromatic amines is 1. The molecule has 2 aliphatic heterocycles. The molecule has 9 nitrogen and oxygen atoms in total. The first-order valence-corrected chi connectivity index (χ1v) is 11.8. The second kappa shape index (κ2) is 8.71. The maximum absolute atomic E-state index is 14.5. The Kier molecular flexibility index (Phi) is 5.39. The summed E-state index contributed by atoms with van der Waals surface area (Å²) in [6, 6.07) is 7.16. The normalized spacial score (nSPS) is 19.1. The third-order valence-electron chi connectivity index (χ3n) is 7.17. The summed E-state index contributed by atoms with van der Waals surface area (Å²) in [6.45, 7) is 1.93. The van der Waals surface area contributed by atoms with E-state index in [-0.39, 0.29) is 17.9 Å². The molecule has 1 atom stereocenters. The quantitative estimate of drug-likeness (QED) is 0.483. The van der Waals surface area contributed by atoms with Gasteiger partial charge in [-0.25, -0.2) is 18.4 Å². The Hall–Kier alpha value is -3.89. The number of tetrazole rings is 1. The Balaban J connectivity index is 1.25. The fourth-order valence-corrected chi connectivity index (χ4v) is 5.35. The molecule has 0 bridgehead atoms. The zero-order valence-corrected chi connectivity index (χ0v) is 18.9. The number of nitrogens with zero attached hydrogens (tertiary/aromatic N) is 7. The molecule has 1 amide bonds. The van der Waals surface area contributed by atoms with Gasteiger partial charge in [-0.3, -0.25) is 4.79 Å². The number of likely N-dealkylation sites (tertiary alicyclic amines) is 1. The summed E-state index contributed by atoms with van der Waals surface area (Å²) in [5.41, 5.74) is 2.44. The van der Waals surface area contributed by atoms with Crippen LogP contribution < -0.4 is 4.90 Å². The minimum absolute atomic E-state index is 0.0690. The number of hydrogen-bond donors (Lipinski definition) is 1. The largest absolute Gasteiger partial charge is 0.364 e. The van der Waals surface area contributed by atoms with E-state index in [1.165, 1.54) is 12.1 Å². The third-order valence-corrected chi connectivity index (χ3v) is 7.17. The fraction of sp³-hybridized carbons (Fsp3) is 0.375. The highest BCUT2D eigenvalue weighted by Gasteiger charge is 2.31. The van der Waals surface area contributed by atoms with Gasteiger partial charge in [-0.1, -0.05) is 0 Å². The smallest absolute Gasteiger partial charge is 0.257 e. The van der Waals surface area contributed by atoms with Crippen molar-refractivity contribution in [3.05, 3.63) is 71.3 Å². The molecule has 0 saturated carbocycles. The summed E-state index contributed by atoms with van der Waals surface area (Å²) < 4.78 is 30.1. The topological polar surface area (TPSA) is 95.3 Å². The van der Waals surface area contributed by atoms with Crippen LogP contribution in [0, 0.1) is 11.6 Å². The summed E-state index contributed by atoms with van der Waals surface area (Å²) in [4.78, 5) is 17.3. The minimum Gasteiger partial charge on any atom is -0.364 e. The first-order valence-electron chi connectivity index (χ1n) is 11.8. The van der Waals surface area contributed by atoms with Crippen molar-refractivity contribution in [3.8, 4) is 0 Å². The number of nitrogens with one attached hydrogen (secondary N) is 1. The molecule has 6 rings (SSSR count). The van der Waals surface area contributed by atoms with E-state index in [9.17, 15) is 13.6 Å². The monoisotopic (exact) mass is 478 g/mol. The van der Waals surface area contributed by atoms with E-state index in [0.29, 0.717) is 29.7 Å². The van der Waals surface area contributed by atoms with Gasteiger partial charge in [0.15, 0.2) is 5.82 Å². The molecule has 1 unspecified atom stereocenters. The van der Waals surface area contributed by atoms with Crippen LogP contribution in [-0.4, -0.2) is 60.7 Å². The van der Waals surface area contributed by atoms with Gasteiger partial charge in [0.1, 0.15) is 11.6 Å². The molecule has 35 heavy (non-hydrogen) atoms. The van der Waals surface area contributed by atoms with Crippen LogP contribution >= 0.6 is 0 Å². The number of carbonyl (C=O) groups is 1. The van der Waals surface area contributed by atoms with Gasteiger partial charge in [0.2, 0.25) is 0 Å². The number of hydrogen-bond acceptors (Lipinski definition) is 6. The summed E-state index contributed by atoms with van der Waals surface area (Å²) in [5.74, 6) is 0.0396. The molecule has 4 aromatic rings. The second-order valence-corrected chi connectivity index (χ2v) is 9.14. The number of fused-ring (bicyclic) bond motifs is 1. The lowest BCUT2D eigenvalue weighted by atomic mass is 9.96. The number of halogens is 2. The molecule has 2 aliphatic rings. The Morgan fingerprint density at radius 1 is 1.06 bits per heavy atom. The predicted molar refractivity (Wildman–Crippen MR) is 123 cm³/mol. The molecule has 0 radical (unpaired) electrons. The first-order chi connectivity index (χ1) is 17.1. The van der Waals surface area contributed by atoms with E-state index in [4.69, 9.17) is 0 Å². The van der Waals surface area contributed by atoms with Gasteiger partial charge in [0, 0.05) is 43.0 Å². The number of anilines is 1. The number of amides is 1. The van der Waals surface area contributed by atoms with Crippen molar-refractivity contribution >= 4 is 17.1 Å². The van der Waals surface area contributed by atoms with Crippen LogP contribution in [0.4, 0.5) is 14.5 Å². The number of benzene rings is 1. The summed E-state index contributed by atoms with van der Waals surface area (Å²) >= 11 is 0. The Bertz CT molecular complexity index is 1360. The Labute approximate surface area is 199 Å². The number of aromatic nitrogens is 6.